The molecule has 0 aromatic rings. The van der Waals surface area contributed by atoms with E-state index in [4.69, 9.17) is 0 Å². The fourth-order valence-corrected chi connectivity index (χ4v) is 1.05. The van der Waals surface area contributed by atoms with Gasteiger partial charge in [0.15, 0.2) is 12.9 Å². The van der Waals surface area contributed by atoms with Crippen molar-refractivity contribution in [3.63, 3.8) is 0 Å². The summed E-state index contributed by atoms with van der Waals surface area (Å²) in [7, 11) is 0. The van der Waals surface area contributed by atoms with Gasteiger partial charge in [0.25, 0.3) is 0 Å². The first-order valence-electron chi connectivity index (χ1n) is 3.26. The van der Waals surface area contributed by atoms with Gasteiger partial charge in [-0.05, 0) is 13.8 Å². The van der Waals surface area contributed by atoms with E-state index in [1.807, 2.05) is 4.68 Å². The number of likely N-dealkylation sites (N-methyl/N-ethyl adjacent to an activating group) is 1. The fourth-order valence-electron chi connectivity index (χ4n) is 1.05. The van der Waals surface area contributed by atoms with Crippen molar-refractivity contribution in [3.8, 4) is 0 Å². The molecule has 0 radical (unpaired) electrons. The van der Waals surface area contributed by atoms with E-state index in [9.17, 15) is 0 Å². The van der Waals surface area contributed by atoms with Gasteiger partial charge in [0.1, 0.15) is 6.54 Å². The van der Waals surface area contributed by atoms with E-state index in [1.54, 1.807) is 0 Å². The Morgan fingerprint density at radius 1 is 1.89 bits per heavy atom. The summed E-state index contributed by atoms with van der Waals surface area (Å²) in [4.78, 5) is 0. The molecule has 0 aliphatic carbocycles. The lowest BCUT2D eigenvalue weighted by atomic mass is 10.3. The number of hydrogen-bond acceptors (Lipinski definition) is 1. The van der Waals surface area contributed by atoms with Crippen molar-refractivity contribution in [2.24, 2.45) is 0 Å². The zero-order chi connectivity index (χ0) is 6.85. The Hall–Kier alpha value is -0.790. The predicted octanol–water partition coefficient (Wildman–Crippen LogP) is 0.854. The van der Waals surface area contributed by atoms with Crippen molar-refractivity contribution in [1.29, 1.82) is 0 Å². The molecule has 0 fully saturated rings. The molecular weight excluding hydrogens is 112 g/mol. The minimum Gasteiger partial charge on any atom is -0.177 e. The van der Waals surface area contributed by atoms with Gasteiger partial charge in [0, 0.05) is 5.57 Å². The molecule has 0 unspecified atom stereocenters. The molecular formula is C7H13N2+. The lowest BCUT2D eigenvalue weighted by molar-refractivity contribution is -0.616. The van der Waals surface area contributed by atoms with Gasteiger partial charge in [0.2, 0.25) is 0 Å². The maximum Gasteiger partial charge on any atom is 0.199 e. The van der Waals surface area contributed by atoms with Crippen LogP contribution in [0.1, 0.15) is 13.8 Å². The van der Waals surface area contributed by atoms with E-state index in [1.165, 1.54) is 5.57 Å². The largest absolute Gasteiger partial charge is 0.199 e. The molecule has 0 atom stereocenters. The fraction of sp³-hybridized carbons (Fsp3) is 0.571. The summed E-state index contributed by atoms with van der Waals surface area (Å²) < 4.78 is 1.90. The van der Waals surface area contributed by atoms with Crippen LogP contribution in [-0.4, -0.2) is 29.5 Å². The molecule has 0 saturated heterocycles. The number of hydrazone groups is 1. The normalized spacial score (nSPS) is 18.7. The van der Waals surface area contributed by atoms with Crippen LogP contribution in [0.5, 0.6) is 0 Å². The molecule has 9 heavy (non-hydrogen) atoms. The van der Waals surface area contributed by atoms with Crippen molar-refractivity contribution in [3.05, 3.63) is 11.8 Å². The third-order valence-electron chi connectivity index (χ3n) is 1.53. The van der Waals surface area contributed by atoms with E-state index in [0.717, 1.165) is 13.1 Å². The van der Waals surface area contributed by atoms with Crippen LogP contribution in [-0.2, 0) is 0 Å². The summed E-state index contributed by atoms with van der Waals surface area (Å²) in [6, 6.07) is 0. The SMILES string of the molecule is C=[N+]1C=C(C)CN1CC. The van der Waals surface area contributed by atoms with Gasteiger partial charge in [-0.25, -0.2) is 0 Å². The number of nitrogens with zero attached hydrogens (tertiary/aromatic N) is 2. The Kier molecular flexibility index (Phi) is 1.56. The van der Waals surface area contributed by atoms with E-state index >= 15 is 0 Å². The second-order valence-electron chi connectivity index (χ2n) is 2.40. The molecule has 0 bridgehead atoms. The van der Waals surface area contributed by atoms with E-state index in [2.05, 4.69) is 31.8 Å². The molecule has 0 N–H and O–H groups in total. The molecule has 2 heteroatoms. The Bertz CT molecular complexity index is 158. The van der Waals surface area contributed by atoms with Crippen molar-refractivity contribution < 1.29 is 4.68 Å². The topological polar surface area (TPSA) is 6.25 Å². The molecule has 50 valence electrons. The highest BCUT2D eigenvalue weighted by Gasteiger charge is 2.17. The highest BCUT2D eigenvalue weighted by Crippen LogP contribution is 2.06. The standard InChI is InChI=1S/C7H13N2/c1-4-9-6-7(2)5-8(9)3/h5H,3-4,6H2,1-2H3/q+1. The Balaban J connectivity index is 2.60. The average Bonchev–Trinajstić information content (AvgIpc) is 2.10. The summed E-state index contributed by atoms with van der Waals surface area (Å²) in [6.45, 7) is 10.2. The van der Waals surface area contributed by atoms with Crippen molar-refractivity contribution >= 4 is 6.72 Å². The summed E-state index contributed by atoms with van der Waals surface area (Å²) in [6.07, 6.45) is 2.06. The van der Waals surface area contributed by atoms with Crippen molar-refractivity contribution in [1.82, 2.24) is 5.01 Å². The van der Waals surface area contributed by atoms with Crippen LogP contribution in [0, 0.1) is 0 Å². The second-order valence-corrected chi connectivity index (χ2v) is 2.40. The second kappa shape index (κ2) is 2.21. The van der Waals surface area contributed by atoms with Crippen LogP contribution in [0.3, 0.4) is 0 Å². The number of hydrogen-bond donors (Lipinski definition) is 0. The van der Waals surface area contributed by atoms with Crippen molar-refractivity contribution in [2.75, 3.05) is 13.1 Å². The zero-order valence-corrected chi connectivity index (χ0v) is 6.09. The van der Waals surface area contributed by atoms with Crippen LogP contribution >= 0.6 is 0 Å². The zero-order valence-electron chi connectivity index (χ0n) is 6.09. The Morgan fingerprint density at radius 2 is 2.56 bits per heavy atom. The minimum absolute atomic E-state index is 1.04. The van der Waals surface area contributed by atoms with E-state index in [-0.39, 0.29) is 0 Å². The van der Waals surface area contributed by atoms with Gasteiger partial charge in [0.05, 0.1) is 6.54 Å². The molecule has 1 aliphatic heterocycles. The molecule has 0 aromatic carbocycles. The summed E-state index contributed by atoms with van der Waals surface area (Å²) >= 11 is 0. The number of hydrazine groups is 1. The Labute approximate surface area is 56.1 Å². The van der Waals surface area contributed by atoms with Crippen LogP contribution in [0.15, 0.2) is 11.8 Å². The molecule has 0 amide bonds. The monoisotopic (exact) mass is 125 g/mol. The first-order chi connectivity index (χ1) is 4.24. The van der Waals surface area contributed by atoms with Gasteiger partial charge in [-0.3, -0.25) is 0 Å². The molecule has 2 nitrogen and oxygen atoms in total. The van der Waals surface area contributed by atoms with Crippen LogP contribution in [0.4, 0.5) is 0 Å². The minimum atomic E-state index is 1.04. The molecule has 1 rings (SSSR count). The molecule has 0 aromatic heterocycles. The highest BCUT2D eigenvalue weighted by molar-refractivity contribution is 5.17. The summed E-state index contributed by atoms with van der Waals surface area (Å²) in [5.74, 6) is 0. The third kappa shape index (κ3) is 1.12. The molecule has 1 heterocycles. The van der Waals surface area contributed by atoms with Crippen LogP contribution < -0.4 is 0 Å². The van der Waals surface area contributed by atoms with Crippen LogP contribution in [0.2, 0.25) is 0 Å². The van der Waals surface area contributed by atoms with Gasteiger partial charge < -0.3 is 0 Å². The van der Waals surface area contributed by atoms with Gasteiger partial charge in [-0.2, -0.15) is 5.01 Å². The first kappa shape index (κ1) is 6.33. The summed E-state index contributed by atoms with van der Waals surface area (Å²) in [5.41, 5.74) is 1.38. The lowest BCUT2D eigenvalue weighted by Crippen LogP contribution is -2.26. The lowest BCUT2D eigenvalue weighted by Gasteiger charge is -2.07. The predicted molar refractivity (Wildman–Crippen MR) is 38.4 cm³/mol. The number of rotatable bonds is 1. The Morgan fingerprint density at radius 3 is 2.78 bits per heavy atom. The first-order valence-corrected chi connectivity index (χ1v) is 3.26. The highest BCUT2D eigenvalue weighted by atomic mass is 15.6. The van der Waals surface area contributed by atoms with Gasteiger partial charge >= 0.3 is 0 Å². The quantitative estimate of drug-likeness (QED) is 0.471. The summed E-state index contributed by atoms with van der Waals surface area (Å²) in [5, 5.41) is 2.18. The molecule has 0 saturated carbocycles. The van der Waals surface area contributed by atoms with Gasteiger partial charge in [-0.15, -0.1) is 0 Å². The van der Waals surface area contributed by atoms with Gasteiger partial charge in [-0.1, -0.05) is 4.68 Å². The smallest absolute Gasteiger partial charge is 0.177 e. The van der Waals surface area contributed by atoms with E-state index < -0.39 is 0 Å². The molecule has 1 aliphatic rings. The maximum atomic E-state index is 3.82. The maximum absolute atomic E-state index is 3.82. The van der Waals surface area contributed by atoms with Crippen molar-refractivity contribution in [2.45, 2.75) is 13.8 Å². The average molecular weight is 125 g/mol. The van der Waals surface area contributed by atoms with E-state index in [0.29, 0.717) is 0 Å². The van der Waals surface area contributed by atoms with Crippen LogP contribution in [0.25, 0.3) is 0 Å². The third-order valence-corrected chi connectivity index (χ3v) is 1.53. The molecule has 0 spiro atoms.